The average molecular weight is 350 g/mol. The molecule has 0 amide bonds. The molecule has 3 aromatic rings. The SMILES string of the molecule is CCOC(=O)CCC(=O)c1nc(-c2cccc3ncccc23)ccc1O. The summed E-state index contributed by atoms with van der Waals surface area (Å²) in [5, 5.41) is 10.9. The first-order chi connectivity index (χ1) is 12.6. The molecule has 1 aromatic carbocycles. The first kappa shape index (κ1) is 17.5. The van der Waals surface area contributed by atoms with Crippen molar-refractivity contribution in [2.45, 2.75) is 19.8 Å². The van der Waals surface area contributed by atoms with Crippen molar-refractivity contribution < 1.29 is 19.4 Å². The van der Waals surface area contributed by atoms with E-state index in [0.29, 0.717) is 5.69 Å². The van der Waals surface area contributed by atoms with E-state index in [4.69, 9.17) is 4.74 Å². The van der Waals surface area contributed by atoms with Crippen molar-refractivity contribution in [2.75, 3.05) is 6.61 Å². The van der Waals surface area contributed by atoms with Gasteiger partial charge in [-0.05, 0) is 31.2 Å². The molecule has 132 valence electrons. The Kier molecular flexibility index (Phi) is 5.22. The number of nitrogens with zero attached hydrogens (tertiary/aromatic N) is 2. The Morgan fingerprint density at radius 2 is 1.92 bits per heavy atom. The van der Waals surface area contributed by atoms with Gasteiger partial charge in [0, 0.05) is 23.6 Å². The number of ether oxygens (including phenoxy) is 1. The molecule has 0 saturated carbocycles. The van der Waals surface area contributed by atoms with E-state index in [-0.39, 0.29) is 30.9 Å². The van der Waals surface area contributed by atoms with Gasteiger partial charge in [-0.15, -0.1) is 0 Å². The van der Waals surface area contributed by atoms with Crippen LogP contribution in [0.3, 0.4) is 0 Å². The van der Waals surface area contributed by atoms with E-state index in [9.17, 15) is 14.7 Å². The fourth-order valence-corrected chi connectivity index (χ4v) is 2.70. The zero-order valence-electron chi connectivity index (χ0n) is 14.3. The molecular weight excluding hydrogens is 332 g/mol. The highest BCUT2D eigenvalue weighted by molar-refractivity contribution is 5.99. The van der Waals surface area contributed by atoms with Crippen molar-refractivity contribution in [1.29, 1.82) is 0 Å². The molecule has 0 aliphatic rings. The Hall–Kier alpha value is -3.28. The fourth-order valence-electron chi connectivity index (χ4n) is 2.70. The number of esters is 1. The summed E-state index contributed by atoms with van der Waals surface area (Å²) in [6, 6.07) is 12.5. The highest BCUT2D eigenvalue weighted by Gasteiger charge is 2.17. The molecule has 6 nitrogen and oxygen atoms in total. The maximum atomic E-state index is 12.4. The second-order valence-corrected chi connectivity index (χ2v) is 5.67. The minimum Gasteiger partial charge on any atom is -0.506 e. The molecule has 2 heterocycles. The van der Waals surface area contributed by atoms with Gasteiger partial charge in [-0.3, -0.25) is 14.6 Å². The van der Waals surface area contributed by atoms with Crippen molar-refractivity contribution in [3.63, 3.8) is 0 Å². The van der Waals surface area contributed by atoms with Crippen LogP contribution in [0.4, 0.5) is 0 Å². The third kappa shape index (κ3) is 3.69. The van der Waals surface area contributed by atoms with E-state index in [1.54, 1.807) is 19.2 Å². The van der Waals surface area contributed by atoms with Gasteiger partial charge < -0.3 is 9.84 Å². The molecule has 0 aliphatic carbocycles. The second-order valence-electron chi connectivity index (χ2n) is 5.67. The lowest BCUT2D eigenvalue weighted by Gasteiger charge is -2.09. The molecule has 0 saturated heterocycles. The number of carbonyl (C=O) groups is 2. The minimum atomic E-state index is -0.448. The number of benzene rings is 1. The Morgan fingerprint density at radius 1 is 1.08 bits per heavy atom. The van der Waals surface area contributed by atoms with Gasteiger partial charge in [-0.2, -0.15) is 0 Å². The van der Waals surface area contributed by atoms with Crippen LogP contribution in [-0.4, -0.2) is 33.4 Å². The second kappa shape index (κ2) is 7.74. The van der Waals surface area contributed by atoms with Crippen molar-refractivity contribution in [2.24, 2.45) is 0 Å². The van der Waals surface area contributed by atoms with Gasteiger partial charge in [-0.25, -0.2) is 4.98 Å². The molecule has 6 heteroatoms. The molecule has 3 rings (SSSR count). The number of fused-ring (bicyclic) bond motifs is 1. The summed E-state index contributed by atoms with van der Waals surface area (Å²) in [6.07, 6.45) is 1.59. The van der Waals surface area contributed by atoms with Crippen LogP contribution in [-0.2, 0) is 9.53 Å². The van der Waals surface area contributed by atoms with Crippen LogP contribution in [0.15, 0.2) is 48.7 Å². The lowest BCUT2D eigenvalue weighted by atomic mass is 10.0. The van der Waals surface area contributed by atoms with E-state index in [1.165, 1.54) is 6.07 Å². The van der Waals surface area contributed by atoms with E-state index < -0.39 is 11.8 Å². The standard InChI is InChI=1S/C20H18N2O4/c1-2-26-19(25)11-10-18(24)20-17(23)9-8-16(22-20)14-5-3-7-15-13(14)6-4-12-21-15/h3-9,12,23H,2,10-11H2,1H3. The van der Waals surface area contributed by atoms with E-state index in [1.807, 2.05) is 30.3 Å². The smallest absolute Gasteiger partial charge is 0.306 e. The van der Waals surface area contributed by atoms with Crippen molar-refractivity contribution in [3.05, 3.63) is 54.4 Å². The van der Waals surface area contributed by atoms with Gasteiger partial charge in [0.25, 0.3) is 0 Å². The topological polar surface area (TPSA) is 89.4 Å². The van der Waals surface area contributed by atoms with Crippen LogP contribution in [0.2, 0.25) is 0 Å². The van der Waals surface area contributed by atoms with Crippen LogP contribution in [0.1, 0.15) is 30.3 Å². The largest absolute Gasteiger partial charge is 0.506 e. The predicted molar refractivity (Wildman–Crippen MR) is 96.8 cm³/mol. The van der Waals surface area contributed by atoms with Gasteiger partial charge in [0.2, 0.25) is 0 Å². The third-order valence-electron chi connectivity index (χ3n) is 3.92. The number of pyridine rings is 2. The van der Waals surface area contributed by atoms with Gasteiger partial charge >= 0.3 is 5.97 Å². The normalized spacial score (nSPS) is 10.7. The Balaban J connectivity index is 1.92. The molecule has 0 spiro atoms. The average Bonchev–Trinajstić information content (AvgIpc) is 2.66. The number of hydrogen-bond acceptors (Lipinski definition) is 6. The Morgan fingerprint density at radius 3 is 2.73 bits per heavy atom. The van der Waals surface area contributed by atoms with Crippen LogP contribution in [0, 0.1) is 0 Å². The van der Waals surface area contributed by atoms with Crippen LogP contribution < -0.4 is 0 Å². The number of Topliss-reactive ketones (excluding diaryl/α,β-unsaturated/α-hetero) is 1. The van der Waals surface area contributed by atoms with E-state index >= 15 is 0 Å². The van der Waals surface area contributed by atoms with Crippen LogP contribution in [0.25, 0.3) is 22.2 Å². The van der Waals surface area contributed by atoms with Gasteiger partial charge in [0.15, 0.2) is 5.78 Å². The van der Waals surface area contributed by atoms with Crippen LogP contribution in [0.5, 0.6) is 5.75 Å². The summed E-state index contributed by atoms with van der Waals surface area (Å²) in [4.78, 5) is 32.5. The van der Waals surface area contributed by atoms with Crippen molar-refractivity contribution in [1.82, 2.24) is 9.97 Å². The van der Waals surface area contributed by atoms with E-state index in [0.717, 1.165) is 16.5 Å². The number of ketones is 1. The number of carbonyl (C=O) groups excluding carboxylic acids is 2. The molecule has 26 heavy (non-hydrogen) atoms. The fraction of sp³-hybridized carbons (Fsp3) is 0.200. The summed E-state index contributed by atoms with van der Waals surface area (Å²) in [5.74, 6) is -1.06. The molecule has 0 aliphatic heterocycles. The molecule has 1 N–H and O–H groups in total. The summed E-state index contributed by atoms with van der Waals surface area (Å²) >= 11 is 0. The minimum absolute atomic E-state index is 0.0454. The monoisotopic (exact) mass is 350 g/mol. The molecule has 2 aromatic heterocycles. The van der Waals surface area contributed by atoms with E-state index in [2.05, 4.69) is 9.97 Å². The van der Waals surface area contributed by atoms with Gasteiger partial charge in [-0.1, -0.05) is 18.2 Å². The highest BCUT2D eigenvalue weighted by Crippen LogP contribution is 2.29. The molecule has 0 atom stereocenters. The zero-order valence-corrected chi connectivity index (χ0v) is 14.3. The number of aromatic hydroxyl groups is 1. The Bertz CT molecular complexity index is 964. The summed E-state index contributed by atoms with van der Waals surface area (Å²) in [7, 11) is 0. The highest BCUT2D eigenvalue weighted by atomic mass is 16.5. The Labute approximate surface area is 150 Å². The van der Waals surface area contributed by atoms with Crippen molar-refractivity contribution >= 4 is 22.7 Å². The summed E-state index contributed by atoms with van der Waals surface area (Å²) in [5.41, 5.74) is 2.14. The summed E-state index contributed by atoms with van der Waals surface area (Å²) < 4.78 is 4.82. The quantitative estimate of drug-likeness (QED) is 0.540. The number of hydrogen-bond donors (Lipinski definition) is 1. The van der Waals surface area contributed by atoms with Gasteiger partial charge in [0.1, 0.15) is 11.4 Å². The lowest BCUT2D eigenvalue weighted by Crippen LogP contribution is -2.09. The zero-order chi connectivity index (χ0) is 18.5. The predicted octanol–water partition coefficient (Wildman–Crippen LogP) is 3.53. The maximum absolute atomic E-state index is 12.4. The number of rotatable bonds is 6. The molecule has 0 unspecified atom stereocenters. The summed E-state index contributed by atoms with van der Waals surface area (Å²) in [6.45, 7) is 1.97. The third-order valence-corrected chi connectivity index (χ3v) is 3.92. The van der Waals surface area contributed by atoms with Crippen molar-refractivity contribution in [3.8, 4) is 17.0 Å². The molecule has 0 radical (unpaired) electrons. The van der Waals surface area contributed by atoms with Gasteiger partial charge in [0.05, 0.1) is 24.2 Å². The van der Waals surface area contributed by atoms with Crippen LogP contribution >= 0.6 is 0 Å². The molecule has 0 fully saturated rings. The molecule has 0 bridgehead atoms. The first-order valence-electron chi connectivity index (χ1n) is 8.33. The molecular formula is C20H18N2O4. The lowest BCUT2D eigenvalue weighted by molar-refractivity contribution is -0.143. The maximum Gasteiger partial charge on any atom is 0.306 e. The first-order valence-corrected chi connectivity index (χ1v) is 8.33. The number of aromatic nitrogens is 2.